The largest absolute Gasteiger partial charge is 0.327 e. The number of nitrogens with zero attached hydrogens (tertiary/aromatic N) is 2. The Labute approximate surface area is 105 Å². The summed E-state index contributed by atoms with van der Waals surface area (Å²) in [5, 5.41) is 1.21. The van der Waals surface area contributed by atoms with E-state index in [9.17, 15) is 0 Å². The van der Waals surface area contributed by atoms with Crippen molar-refractivity contribution in [3.8, 4) is 0 Å². The molecular formula is C13H17N3S. The molecule has 0 spiro atoms. The van der Waals surface area contributed by atoms with Crippen molar-refractivity contribution in [1.29, 1.82) is 0 Å². The van der Waals surface area contributed by atoms with E-state index in [0.29, 0.717) is 6.04 Å². The lowest BCUT2D eigenvalue weighted by Gasteiger charge is -2.29. The average Bonchev–Trinajstić information content (AvgIpc) is 2.71. The zero-order chi connectivity index (χ0) is 11.7. The first-order chi connectivity index (χ1) is 8.31. The van der Waals surface area contributed by atoms with Crippen LogP contribution < -0.4 is 5.73 Å². The molecule has 1 aromatic carbocycles. The van der Waals surface area contributed by atoms with E-state index in [1.807, 2.05) is 6.07 Å². The number of rotatable bonds is 2. The van der Waals surface area contributed by atoms with Crippen molar-refractivity contribution >= 4 is 21.6 Å². The van der Waals surface area contributed by atoms with E-state index in [1.54, 1.807) is 11.3 Å². The Morgan fingerprint density at radius 3 is 3.12 bits per heavy atom. The van der Waals surface area contributed by atoms with E-state index < -0.39 is 0 Å². The number of likely N-dealkylation sites (tertiary alicyclic amines) is 1. The van der Waals surface area contributed by atoms with Crippen molar-refractivity contribution in [3.05, 3.63) is 29.3 Å². The molecule has 3 rings (SSSR count). The highest BCUT2D eigenvalue weighted by molar-refractivity contribution is 7.18. The number of hydrogen-bond donors (Lipinski definition) is 1. The fourth-order valence-electron chi connectivity index (χ4n) is 2.41. The van der Waals surface area contributed by atoms with Gasteiger partial charge < -0.3 is 5.73 Å². The molecule has 0 radical (unpaired) electrons. The first kappa shape index (κ1) is 11.1. The second-order valence-corrected chi connectivity index (χ2v) is 5.83. The van der Waals surface area contributed by atoms with Gasteiger partial charge in [-0.15, -0.1) is 11.3 Å². The van der Waals surface area contributed by atoms with Gasteiger partial charge >= 0.3 is 0 Å². The standard InChI is InChI=1S/C13H17N3S/c14-10-4-3-7-16(8-10)9-13-15-11-5-1-2-6-12(11)17-13/h1-2,5-6,10H,3-4,7-9,14H2/t10-/m1/s1. The minimum atomic E-state index is 0.345. The molecule has 1 aromatic heterocycles. The van der Waals surface area contributed by atoms with Gasteiger partial charge in [0, 0.05) is 12.6 Å². The molecule has 1 aliphatic rings. The third-order valence-electron chi connectivity index (χ3n) is 3.24. The van der Waals surface area contributed by atoms with Crippen LogP contribution in [0.25, 0.3) is 10.2 Å². The minimum Gasteiger partial charge on any atom is -0.327 e. The fraction of sp³-hybridized carbons (Fsp3) is 0.462. The molecule has 0 bridgehead atoms. The van der Waals surface area contributed by atoms with Crippen molar-refractivity contribution in [2.45, 2.75) is 25.4 Å². The second-order valence-electron chi connectivity index (χ2n) is 4.71. The summed E-state index contributed by atoms with van der Waals surface area (Å²) in [6.45, 7) is 3.12. The Balaban J connectivity index is 1.75. The predicted octanol–water partition coefficient (Wildman–Crippen LogP) is 2.22. The maximum Gasteiger partial charge on any atom is 0.108 e. The molecule has 17 heavy (non-hydrogen) atoms. The van der Waals surface area contributed by atoms with E-state index in [0.717, 1.165) is 31.6 Å². The van der Waals surface area contributed by atoms with Crippen LogP contribution in [-0.4, -0.2) is 29.0 Å². The van der Waals surface area contributed by atoms with Crippen LogP contribution >= 0.6 is 11.3 Å². The van der Waals surface area contributed by atoms with Crippen LogP contribution in [0.5, 0.6) is 0 Å². The molecule has 4 heteroatoms. The van der Waals surface area contributed by atoms with Crippen LogP contribution in [0, 0.1) is 0 Å². The molecule has 1 saturated heterocycles. The monoisotopic (exact) mass is 247 g/mol. The maximum atomic E-state index is 6.00. The van der Waals surface area contributed by atoms with Crippen molar-refractivity contribution < 1.29 is 0 Å². The van der Waals surface area contributed by atoms with Crippen LogP contribution in [0.2, 0.25) is 0 Å². The Hall–Kier alpha value is -0.970. The summed E-state index contributed by atoms with van der Waals surface area (Å²) in [4.78, 5) is 7.09. The zero-order valence-electron chi connectivity index (χ0n) is 9.80. The molecule has 1 aliphatic heterocycles. The molecule has 0 amide bonds. The number of para-hydroxylation sites is 1. The molecule has 0 saturated carbocycles. The molecule has 2 N–H and O–H groups in total. The molecule has 0 aliphatic carbocycles. The maximum absolute atomic E-state index is 6.00. The van der Waals surface area contributed by atoms with E-state index in [2.05, 4.69) is 28.1 Å². The summed E-state index contributed by atoms with van der Waals surface area (Å²) >= 11 is 1.80. The summed E-state index contributed by atoms with van der Waals surface area (Å²) in [6, 6.07) is 8.68. The van der Waals surface area contributed by atoms with Crippen LogP contribution in [0.15, 0.2) is 24.3 Å². The minimum absolute atomic E-state index is 0.345. The number of hydrogen-bond acceptors (Lipinski definition) is 4. The lowest BCUT2D eigenvalue weighted by atomic mass is 10.1. The molecule has 90 valence electrons. The van der Waals surface area contributed by atoms with Crippen molar-refractivity contribution in [1.82, 2.24) is 9.88 Å². The third kappa shape index (κ3) is 2.49. The van der Waals surface area contributed by atoms with Crippen molar-refractivity contribution in [2.75, 3.05) is 13.1 Å². The van der Waals surface area contributed by atoms with Crippen LogP contribution in [0.3, 0.4) is 0 Å². The molecule has 1 fully saturated rings. The molecule has 0 unspecified atom stereocenters. The predicted molar refractivity (Wildman–Crippen MR) is 72.1 cm³/mol. The zero-order valence-corrected chi connectivity index (χ0v) is 10.6. The quantitative estimate of drug-likeness (QED) is 0.885. The number of thiazole rings is 1. The Morgan fingerprint density at radius 1 is 1.41 bits per heavy atom. The van der Waals surface area contributed by atoms with Crippen LogP contribution in [-0.2, 0) is 6.54 Å². The number of benzene rings is 1. The van der Waals surface area contributed by atoms with Gasteiger partial charge in [0.1, 0.15) is 5.01 Å². The van der Waals surface area contributed by atoms with Gasteiger partial charge in [-0.25, -0.2) is 4.98 Å². The van der Waals surface area contributed by atoms with Gasteiger partial charge in [-0.05, 0) is 31.5 Å². The first-order valence-electron chi connectivity index (χ1n) is 6.13. The van der Waals surface area contributed by atoms with E-state index in [1.165, 1.54) is 16.1 Å². The highest BCUT2D eigenvalue weighted by atomic mass is 32.1. The third-order valence-corrected chi connectivity index (χ3v) is 4.26. The molecular weight excluding hydrogens is 230 g/mol. The van der Waals surface area contributed by atoms with Gasteiger partial charge in [0.25, 0.3) is 0 Å². The molecule has 2 aromatic rings. The molecule has 2 heterocycles. The van der Waals surface area contributed by atoms with Crippen molar-refractivity contribution in [2.24, 2.45) is 5.73 Å². The highest BCUT2D eigenvalue weighted by Crippen LogP contribution is 2.23. The van der Waals surface area contributed by atoms with E-state index in [4.69, 9.17) is 5.73 Å². The summed E-state index contributed by atoms with van der Waals surface area (Å²) in [5.41, 5.74) is 7.11. The second kappa shape index (κ2) is 4.72. The Kier molecular flexibility index (Phi) is 3.09. The van der Waals surface area contributed by atoms with Gasteiger partial charge in [0.2, 0.25) is 0 Å². The summed E-state index contributed by atoms with van der Waals surface area (Å²) in [5.74, 6) is 0. The molecule has 3 nitrogen and oxygen atoms in total. The molecule has 1 atom stereocenters. The number of piperidine rings is 1. The normalized spacial score (nSPS) is 22.1. The van der Waals surface area contributed by atoms with E-state index >= 15 is 0 Å². The highest BCUT2D eigenvalue weighted by Gasteiger charge is 2.17. The van der Waals surface area contributed by atoms with Crippen molar-refractivity contribution in [3.63, 3.8) is 0 Å². The SMILES string of the molecule is N[C@@H]1CCCN(Cc2nc3ccccc3s2)C1. The fourth-order valence-corrected chi connectivity index (χ4v) is 3.42. The number of fused-ring (bicyclic) bond motifs is 1. The summed E-state index contributed by atoms with van der Waals surface area (Å²) in [6.07, 6.45) is 2.38. The first-order valence-corrected chi connectivity index (χ1v) is 6.95. The Bertz CT molecular complexity index is 475. The van der Waals surface area contributed by atoms with Gasteiger partial charge in [-0.2, -0.15) is 0 Å². The van der Waals surface area contributed by atoms with Crippen LogP contribution in [0.1, 0.15) is 17.8 Å². The van der Waals surface area contributed by atoms with Gasteiger partial charge in [-0.1, -0.05) is 12.1 Å². The van der Waals surface area contributed by atoms with Gasteiger partial charge in [0.15, 0.2) is 0 Å². The lowest BCUT2D eigenvalue weighted by Crippen LogP contribution is -2.42. The van der Waals surface area contributed by atoms with Gasteiger partial charge in [0.05, 0.1) is 16.8 Å². The summed E-state index contributed by atoms with van der Waals surface area (Å²) in [7, 11) is 0. The smallest absolute Gasteiger partial charge is 0.108 e. The Morgan fingerprint density at radius 2 is 2.29 bits per heavy atom. The van der Waals surface area contributed by atoms with Gasteiger partial charge in [-0.3, -0.25) is 4.90 Å². The summed E-state index contributed by atoms with van der Waals surface area (Å²) < 4.78 is 1.28. The number of nitrogens with two attached hydrogens (primary N) is 1. The van der Waals surface area contributed by atoms with Crippen LogP contribution in [0.4, 0.5) is 0 Å². The average molecular weight is 247 g/mol. The number of aromatic nitrogens is 1. The topological polar surface area (TPSA) is 42.1 Å². The lowest BCUT2D eigenvalue weighted by molar-refractivity contribution is 0.201. The van der Waals surface area contributed by atoms with E-state index in [-0.39, 0.29) is 0 Å².